The van der Waals surface area contributed by atoms with Gasteiger partial charge in [-0.05, 0) is 36.1 Å². The number of rotatable bonds is 2. The Balaban J connectivity index is 2.88. The van der Waals surface area contributed by atoms with E-state index >= 15 is 0 Å². The topological polar surface area (TPSA) is 0 Å². The molecule has 0 saturated heterocycles. The Bertz CT molecular complexity index is 675. The lowest BCUT2D eigenvalue weighted by atomic mass is 9.91. The lowest BCUT2D eigenvalue weighted by Gasteiger charge is -2.16. The van der Waals surface area contributed by atoms with E-state index in [1.54, 1.807) is 13.8 Å². The lowest BCUT2D eigenvalue weighted by molar-refractivity contribution is 0.449. The average molecular weight is 300 g/mol. The van der Waals surface area contributed by atoms with Gasteiger partial charge in [-0.1, -0.05) is 19.9 Å². The Kier molecular flexibility index (Phi) is 4.03. The summed E-state index contributed by atoms with van der Waals surface area (Å²) in [5, 5.41) is 0. The highest BCUT2D eigenvalue weighted by atomic mass is 19.2. The van der Waals surface area contributed by atoms with Crippen molar-refractivity contribution >= 4 is 0 Å². The highest BCUT2D eigenvalue weighted by molar-refractivity contribution is 5.70. The molecule has 2 rings (SSSR count). The predicted molar refractivity (Wildman–Crippen MR) is 70.5 cm³/mol. The average Bonchev–Trinajstić information content (AvgIpc) is 2.43. The summed E-state index contributed by atoms with van der Waals surface area (Å²) in [6, 6.07) is 3.37. The lowest BCUT2D eigenvalue weighted by Crippen LogP contribution is -2.05. The summed E-state index contributed by atoms with van der Waals surface area (Å²) >= 11 is 0. The molecule has 0 N–H and O–H groups in total. The van der Waals surface area contributed by atoms with Gasteiger partial charge in [-0.3, -0.25) is 0 Å². The second-order valence-corrected chi connectivity index (χ2v) is 5.14. The molecule has 0 bridgehead atoms. The molecule has 0 aliphatic carbocycles. The second kappa shape index (κ2) is 5.47. The van der Waals surface area contributed by atoms with Crippen molar-refractivity contribution in [3.8, 4) is 11.1 Å². The fraction of sp³-hybridized carbons (Fsp3) is 0.250. The largest absolute Gasteiger partial charge is 0.207 e. The van der Waals surface area contributed by atoms with Crippen LogP contribution in [-0.4, -0.2) is 0 Å². The Morgan fingerprint density at radius 1 is 0.810 bits per heavy atom. The van der Waals surface area contributed by atoms with Crippen molar-refractivity contribution in [2.45, 2.75) is 26.7 Å². The summed E-state index contributed by atoms with van der Waals surface area (Å²) < 4.78 is 68.9. The van der Waals surface area contributed by atoms with E-state index in [-0.39, 0.29) is 11.5 Å². The van der Waals surface area contributed by atoms with E-state index in [9.17, 15) is 22.0 Å². The van der Waals surface area contributed by atoms with Crippen LogP contribution in [-0.2, 0) is 0 Å². The molecule has 21 heavy (non-hydrogen) atoms. The molecular formula is C16H13F5. The van der Waals surface area contributed by atoms with Crippen LogP contribution in [0.3, 0.4) is 0 Å². The van der Waals surface area contributed by atoms with Crippen molar-refractivity contribution in [2.24, 2.45) is 0 Å². The van der Waals surface area contributed by atoms with E-state index in [0.29, 0.717) is 5.56 Å². The Hall–Kier alpha value is -1.91. The fourth-order valence-corrected chi connectivity index (χ4v) is 2.23. The van der Waals surface area contributed by atoms with Crippen molar-refractivity contribution < 1.29 is 22.0 Å². The quantitative estimate of drug-likeness (QED) is 0.509. The molecule has 0 saturated carbocycles. The molecule has 0 atom stereocenters. The Morgan fingerprint density at radius 2 is 1.33 bits per heavy atom. The van der Waals surface area contributed by atoms with E-state index in [1.165, 1.54) is 6.07 Å². The maximum Gasteiger partial charge on any atom is 0.170 e. The van der Waals surface area contributed by atoms with Gasteiger partial charge >= 0.3 is 0 Å². The van der Waals surface area contributed by atoms with Gasteiger partial charge in [0.15, 0.2) is 23.3 Å². The molecule has 0 radical (unpaired) electrons. The van der Waals surface area contributed by atoms with Gasteiger partial charge in [-0.15, -0.1) is 0 Å². The summed E-state index contributed by atoms with van der Waals surface area (Å²) in [5.41, 5.74) is -1.40. The zero-order valence-corrected chi connectivity index (χ0v) is 11.7. The summed E-state index contributed by atoms with van der Waals surface area (Å²) in [6.45, 7) is 4.40. The molecule has 0 fully saturated rings. The van der Waals surface area contributed by atoms with Crippen LogP contribution in [0.15, 0.2) is 18.2 Å². The van der Waals surface area contributed by atoms with E-state index in [4.69, 9.17) is 0 Å². The van der Waals surface area contributed by atoms with E-state index in [2.05, 4.69) is 0 Å². The van der Waals surface area contributed by atoms with Crippen molar-refractivity contribution in [2.75, 3.05) is 0 Å². The van der Waals surface area contributed by atoms with Crippen LogP contribution in [0.1, 0.15) is 30.9 Å². The van der Waals surface area contributed by atoms with Gasteiger partial charge in [-0.2, -0.15) is 0 Å². The molecular weight excluding hydrogens is 287 g/mol. The molecule has 0 heterocycles. The second-order valence-electron chi connectivity index (χ2n) is 5.14. The van der Waals surface area contributed by atoms with Crippen molar-refractivity contribution in [3.63, 3.8) is 0 Å². The van der Waals surface area contributed by atoms with Gasteiger partial charge < -0.3 is 0 Å². The summed E-state index contributed by atoms with van der Waals surface area (Å²) in [5.74, 6) is -6.91. The van der Waals surface area contributed by atoms with Crippen molar-refractivity contribution in [1.82, 2.24) is 0 Å². The highest BCUT2D eigenvalue weighted by Crippen LogP contribution is 2.36. The zero-order valence-electron chi connectivity index (χ0n) is 11.7. The zero-order chi connectivity index (χ0) is 15.9. The molecule has 0 aromatic heterocycles. The molecule has 112 valence electrons. The molecule has 2 aromatic carbocycles. The fourth-order valence-electron chi connectivity index (χ4n) is 2.23. The van der Waals surface area contributed by atoms with Crippen LogP contribution >= 0.6 is 0 Å². The Morgan fingerprint density at radius 3 is 1.81 bits per heavy atom. The summed E-state index contributed by atoms with van der Waals surface area (Å²) in [6.07, 6.45) is 0. The number of benzene rings is 2. The standard InChI is InChI=1S/C16H13F5/c1-7(2)10-5-4-9(17)6-11(10)12-15(20)13(18)8(3)14(19)16(12)21/h4-7H,1-3H3. The Labute approximate surface area is 119 Å². The molecule has 0 aliphatic rings. The van der Waals surface area contributed by atoms with Gasteiger partial charge in [0.05, 0.1) is 5.56 Å². The first kappa shape index (κ1) is 15.5. The molecule has 0 nitrogen and oxygen atoms in total. The smallest absolute Gasteiger partial charge is 0.170 e. The SMILES string of the molecule is Cc1c(F)c(F)c(-c2cc(F)ccc2C(C)C)c(F)c1F. The molecule has 0 spiro atoms. The molecule has 2 aromatic rings. The minimum absolute atomic E-state index is 0.183. The normalized spacial score (nSPS) is 11.3. The van der Waals surface area contributed by atoms with Crippen LogP contribution in [0.25, 0.3) is 11.1 Å². The first-order valence-corrected chi connectivity index (χ1v) is 6.38. The number of halogens is 5. The van der Waals surface area contributed by atoms with Crippen molar-refractivity contribution in [3.05, 3.63) is 58.4 Å². The summed E-state index contributed by atoms with van der Waals surface area (Å²) in [7, 11) is 0. The third-order valence-corrected chi connectivity index (χ3v) is 3.39. The maximum atomic E-state index is 14.1. The molecule has 5 heteroatoms. The van der Waals surface area contributed by atoms with Gasteiger partial charge in [0.25, 0.3) is 0 Å². The van der Waals surface area contributed by atoms with Gasteiger partial charge in [0, 0.05) is 5.56 Å². The van der Waals surface area contributed by atoms with E-state index < -0.39 is 40.2 Å². The number of hydrogen-bond donors (Lipinski definition) is 0. The first-order valence-electron chi connectivity index (χ1n) is 6.38. The van der Waals surface area contributed by atoms with E-state index in [1.807, 2.05) is 0 Å². The first-order chi connectivity index (χ1) is 9.75. The van der Waals surface area contributed by atoms with Crippen LogP contribution in [0.2, 0.25) is 0 Å². The molecule has 0 aliphatic heterocycles. The highest BCUT2D eigenvalue weighted by Gasteiger charge is 2.26. The monoisotopic (exact) mass is 300 g/mol. The van der Waals surface area contributed by atoms with E-state index in [0.717, 1.165) is 19.1 Å². The molecule has 0 amide bonds. The maximum absolute atomic E-state index is 14.1. The van der Waals surface area contributed by atoms with Gasteiger partial charge in [0.1, 0.15) is 5.82 Å². The van der Waals surface area contributed by atoms with Crippen molar-refractivity contribution in [1.29, 1.82) is 0 Å². The summed E-state index contributed by atoms with van der Waals surface area (Å²) in [4.78, 5) is 0. The van der Waals surface area contributed by atoms with Crippen LogP contribution < -0.4 is 0 Å². The minimum atomic E-state index is -1.51. The molecule has 0 unspecified atom stereocenters. The van der Waals surface area contributed by atoms with Crippen LogP contribution in [0.5, 0.6) is 0 Å². The number of hydrogen-bond acceptors (Lipinski definition) is 0. The van der Waals surface area contributed by atoms with Crippen LogP contribution in [0.4, 0.5) is 22.0 Å². The predicted octanol–water partition coefficient (Wildman–Crippen LogP) is 5.48. The third-order valence-electron chi connectivity index (χ3n) is 3.39. The van der Waals surface area contributed by atoms with Gasteiger partial charge in [-0.25, -0.2) is 22.0 Å². The minimum Gasteiger partial charge on any atom is -0.207 e. The van der Waals surface area contributed by atoms with Crippen LogP contribution in [0, 0.1) is 36.0 Å². The van der Waals surface area contributed by atoms with Gasteiger partial charge in [0.2, 0.25) is 0 Å². The third kappa shape index (κ3) is 2.52.